The van der Waals surface area contributed by atoms with Gasteiger partial charge in [0.1, 0.15) is 12.1 Å². The zero-order valence-corrected chi connectivity index (χ0v) is 17.1. The molecule has 3 aromatic heterocycles. The quantitative estimate of drug-likeness (QED) is 0.666. The average molecular weight is 397 g/mol. The third-order valence-corrected chi connectivity index (χ3v) is 7.14. The second kappa shape index (κ2) is 6.84. The third-order valence-electron chi connectivity index (χ3n) is 5.91. The number of thiophene rings is 1. The second-order valence-electron chi connectivity index (χ2n) is 7.89. The monoisotopic (exact) mass is 396 g/mol. The summed E-state index contributed by atoms with van der Waals surface area (Å²) in [6, 6.07) is 2.15. The minimum absolute atomic E-state index is 0.181. The van der Waals surface area contributed by atoms with Gasteiger partial charge in [0.05, 0.1) is 16.5 Å². The van der Waals surface area contributed by atoms with E-state index in [1.165, 1.54) is 16.9 Å². The van der Waals surface area contributed by atoms with Gasteiger partial charge >= 0.3 is 0 Å². The van der Waals surface area contributed by atoms with Crippen LogP contribution in [0.2, 0.25) is 0 Å². The molecule has 146 valence electrons. The number of carbonyl (C=O) groups excluding carboxylic acids is 1. The first-order chi connectivity index (χ1) is 13.6. The zero-order chi connectivity index (χ0) is 19.3. The molecule has 5 rings (SSSR count). The lowest BCUT2D eigenvalue weighted by Gasteiger charge is -2.35. The molecule has 1 amide bonds. The molecule has 3 aromatic rings. The predicted octanol–water partition coefficient (Wildman–Crippen LogP) is 2.51. The minimum atomic E-state index is 0.181. The molecule has 0 bridgehead atoms. The Kier molecular flexibility index (Phi) is 4.30. The van der Waals surface area contributed by atoms with Gasteiger partial charge in [-0.3, -0.25) is 9.48 Å². The average Bonchev–Trinajstić information content (AvgIpc) is 3.31. The summed E-state index contributed by atoms with van der Waals surface area (Å²) in [5, 5.41) is 5.26. The number of rotatable bonds is 2. The van der Waals surface area contributed by atoms with Crippen molar-refractivity contribution >= 4 is 34.1 Å². The summed E-state index contributed by atoms with van der Waals surface area (Å²) in [6.07, 6.45) is 6.88. The molecular formula is C20H24N6OS. The molecule has 0 spiro atoms. The maximum Gasteiger partial charge on any atom is 0.264 e. The van der Waals surface area contributed by atoms with Gasteiger partial charge in [-0.2, -0.15) is 5.10 Å². The van der Waals surface area contributed by atoms with Crippen LogP contribution in [-0.4, -0.2) is 56.7 Å². The summed E-state index contributed by atoms with van der Waals surface area (Å²) in [4.78, 5) is 28.4. The molecule has 1 saturated heterocycles. The van der Waals surface area contributed by atoms with Crippen molar-refractivity contribution in [3.8, 4) is 0 Å². The highest BCUT2D eigenvalue weighted by Gasteiger charge is 2.27. The van der Waals surface area contributed by atoms with Crippen LogP contribution in [0.25, 0.3) is 11.0 Å². The van der Waals surface area contributed by atoms with Crippen LogP contribution >= 0.6 is 11.3 Å². The van der Waals surface area contributed by atoms with E-state index >= 15 is 0 Å². The first-order valence-electron chi connectivity index (χ1n) is 9.88. The van der Waals surface area contributed by atoms with E-state index < -0.39 is 0 Å². The summed E-state index contributed by atoms with van der Waals surface area (Å²) in [5.41, 5.74) is 2.23. The smallest absolute Gasteiger partial charge is 0.264 e. The van der Waals surface area contributed by atoms with Gasteiger partial charge in [0.15, 0.2) is 5.65 Å². The van der Waals surface area contributed by atoms with Crippen molar-refractivity contribution in [3.05, 3.63) is 33.9 Å². The van der Waals surface area contributed by atoms with Gasteiger partial charge in [-0.05, 0) is 36.8 Å². The third kappa shape index (κ3) is 2.96. The second-order valence-corrected chi connectivity index (χ2v) is 9.03. The molecule has 1 aliphatic heterocycles. The fourth-order valence-corrected chi connectivity index (χ4v) is 5.47. The van der Waals surface area contributed by atoms with Crippen LogP contribution in [-0.2, 0) is 19.9 Å². The van der Waals surface area contributed by atoms with E-state index in [-0.39, 0.29) is 5.91 Å². The van der Waals surface area contributed by atoms with Crippen LogP contribution in [0.15, 0.2) is 18.6 Å². The van der Waals surface area contributed by atoms with Gasteiger partial charge < -0.3 is 9.80 Å². The zero-order valence-electron chi connectivity index (χ0n) is 16.3. The number of carbonyl (C=O) groups is 1. The van der Waals surface area contributed by atoms with Gasteiger partial charge in [0.25, 0.3) is 5.91 Å². The molecule has 2 aliphatic rings. The molecule has 0 radical (unpaired) electrons. The van der Waals surface area contributed by atoms with Crippen LogP contribution < -0.4 is 4.90 Å². The highest BCUT2D eigenvalue weighted by molar-refractivity contribution is 7.14. The number of anilines is 1. The standard InChI is InChI=1S/C20H24N6OS/c1-13-3-4-16-14(9-13)10-17(28-16)20(27)26-7-5-25(6-8-26)19-15-11-23-24(2)18(15)21-12-22-19/h10-13H,3-9H2,1-2H3. The Morgan fingerprint density at radius 2 is 2.04 bits per heavy atom. The molecule has 1 atom stereocenters. The Labute approximate surface area is 168 Å². The van der Waals surface area contributed by atoms with Gasteiger partial charge in [-0.15, -0.1) is 11.3 Å². The summed E-state index contributed by atoms with van der Waals surface area (Å²) < 4.78 is 1.76. The fourth-order valence-electron chi connectivity index (χ4n) is 4.29. The van der Waals surface area contributed by atoms with Gasteiger partial charge in [-0.25, -0.2) is 9.97 Å². The van der Waals surface area contributed by atoms with E-state index in [0.717, 1.165) is 53.6 Å². The molecule has 1 fully saturated rings. The highest BCUT2D eigenvalue weighted by Crippen LogP contribution is 2.33. The lowest BCUT2D eigenvalue weighted by Crippen LogP contribution is -2.49. The number of amides is 1. The van der Waals surface area contributed by atoms with Crippen LogP contribution in [0.5, 0.6) is 0 Å². The molecule has 0 N–H and O–H groups in total. The maximum atomic E-state index is 13.0. The minimum Gasteiger partial charge on any atom is -0.352 e. The maximum absolute atomic E-state index is 13.0. The summed E-state index contributed by atoms with van der Waals surface area (Å²) in [5.74, 6) is 1.82. The summed E-state index contributed by atoms with van der Waals surface area (Å²) in [7, 11) is 1.89. The Morgan fingerprint density at radius 3 is 2.86 bits per heavy atom. The van der Waals surface area contributed by atoms with Crippen LogP contribution in [0.4, 0.5) is 5.82 Å². The lowest BCUT2D eigenvalue weighted by atomic mass is 9.90. The Bertz CT molecular complexity index is 1030. The number of hydrogen-bond acceptors (Lipinski definition) is 6. The number of nitrogens with zero attached hydrogens (tertiary/aromatic N) is 6. The lowest BCUT2D eigenvalue weighted by molar-refractivity contribution is 0.0751. The molecule has 7 nitrogen and oxygen atoms in total. The van der Waals surface area contributed by atoms with Gasteiger partial charge in [0.2, 0.25) is 0 Å². The Morgan fingerprint density at radius 1 is 1.21 bits per heavy atom. The fraction of sp³-hybridized carbons (Fsp3) is 0.500. The van der Waals surface area contributed by atoms with Crippen molar-refractivity contribution in [2.45, 2.75) is 26.2 Å². The molecule has 0 aromatic carbocycles. The molecule has 1 aliphatic carbocycles. The Balaban J connectivity index is 1.30. The van der Waals surface area contributed by atoms with Crippen LogP contribution in [0.3, 0.4) is 0 Å². The van der Waals surface area contributed by atoms with Crippen molar-refractivity contribution in [1.29, 1.82) is 0 Å². The summed E-state index contributed by atoms with van der Waals surface area (Å²) >= 11 is 1.70. The van der Waals surface area contributed by atoms with Crippen molar-refractivity contribution in [1.82, 2.24) is 24.6 Å². The van der Waals surface area contributed by atoms with Crippen LogP contribution in [0.1, 0.15) is 33.5 Å². The molecule has 8 heteroatoms. The first-order valence-corrected chi connectivity index (χ1v) is 10.7. The first kappa shape index (κ1) is 17.6. The van der Waals surface area contributed by atoms with Crippen LogP contribution in [0, 0.1) is 5.92 Å². The number of fused-ring (bicyclic) bond motifs is 2. The van der Waals surface area contributed by atoms with E-state index in [1.54, 1.807) is 22.3 Å². The van der Waals surface area contributed by atoms with Gasteiger partial charge in [0, 0.05) is 38.1 Å². The molecular weight excluding hydrogens is 372 g/mol. The number of piperazine rings is 1. The normalized spacial score (nSPS) is 19.9. The van der Waals surface area contributed by atoms with Crippen molar-refractivity contribution in [2.24, 2.45) is 13.0 Å². The van der Waals surface area contributed by atoms with Crippen molar-refractivity contribution < 1.29 is 4.79 Å². The number of aromatic nitrogens is 4. The van der Waals surface area contributed by atoms with Crippen molar-refractivity contribution in [3.63, 3.8) is 0 Å². The van der Waals surface area contributed by atoms with E-state index in [1.807, 2.05) is 18.1 Å². The summed E-state index contributed by atoms with van der Waals surface area (Å²) in [6.45, 7) is 5.27. The van der Waals surface area contributed by atoms with E-state index in [9.17, 15) is 4.79 Å². The highest BCUT2D eigenvalue weighted by atomic mass is 32.1. The largest absolute Gasteiger partial charge is 0.352 e. The van der Waals surface area contributed by atoms with E-state index in [2.05, 4.69) is 33.0 Å². The van der Waals surface area contributed by atoms with E-state index in [0.29, 0.717) is 13.1 Å². The molecule has 28 heavy (non-hydrogen) atoms. The predicted molar refractivity (Wildman–Crippen MR) is 110 cm³/mol. The van der Waals surface area contributed by atoms with E-state index in [4.69, 9.17) is 0 Å². The van der Waals surface area contributed by atoms with Crippen molar-refractivity contribution in [2.75, 3.05) is 31.1 Å². The molecule has 0 saturated carbocycles. The molecule has 1 unspecified atom stereocenters. The molecule has 4 heterocycles. The SMILES string of the molecule is CC1CCc2sc(C(=O)N3CCN(c4ncnc5c4cnn5C)CC3)cc2C1. The van der Waals surface area contributed by atoms with Gasteiger partial charge in [-0.1, -0.05) is 6.92 Å². The Hall–Kier alpha value is -2.48. The number of hydrogen-bond donors (Lipinski definition) is 0. The number of aryl methyl sites for hydroxylation is 2. The topological polar surface area (TPSA) is 67.2 Å².